The van der Waals surface area contributed by atoms with Gasteiger partial charge in [-0.1, -0.05) is 53.5 Å². The molecule has 160 valence electrons. The second kappa shape index (κ2) is 9.69. The Balaban J connectivity index is 1.40. The van der Waals surface area contributed by atoms with Crippen LogP contribution in [0, 0.1) is 0 Å². The fourth-order valence-electron chi connectivity index (χ4n) is 3.73. The third-order valence-corrected chi connectivity index (χ3v) is 6.13. The van der Waals surface area contributed by atoms with Gasteiger partial charge < -0.3 is 9.47 Å². The molecule has 0 radical (unpaired) electrons. The molecule has 5 nitrogen and oxygen atoms in total. The topological polar surface area (TPSA) is 45.6 Å². The van der Waals surface area contributed by atoms with E-state index in [1.165, 1.54) is 16.2 Å². The molecule has 0 atom stereocenters. The van der Waals surface area contributed by atoms with Crippen molar-refractivity contribution < 1.29 is 4.79 Å². The number of halogens is 2. The molecule has 2 heterocycles. The van der Waals surface area contributed by atoms with Crippen molar-refractivity contribution in [2.45, 2.75) is 13.1 Å². The van der Waals surface area contributed by atoms with Gasteiger partial charge in [-0.3, -0.25) is 14.5 Å². The number of aromatic nitrogens is 1. The van der Waals surface area contributed by atoms with Crippen molar-refractivity contribution in [1.82, 2.24) is 14.4 Å². The molecule has 4 rings (SSSR count). The maximum absolute atomic E-state index is 13.0. The minimum atomic E-state index is -0.163. The number of amides is 1. The van der Waals surface area contributed by atoms with Crippen LogP contribution in [-0.4, -0.2) is 46.5 Å². The minimum Gasteiger partial charge on any atom is -0.336 e. The summed E-state index contributed by atoms with van der Waals surface area (Å²) in [5, 5.41) is 1.33. The Hall–Kier alpha value is -2.60. The summed E-state index contributed by atoms with van der Waals surface area (Å²) in [5.74, 6) is -0.0564. The summed E-state index contributed by atoms with van der Waals surface area (Å²) in [4.78, 5) is 29.5. The molecule has 0 saturated carbocycles. The lowest BCUT2D eigenvalue weighted by Crippen LogP contribution is -2.48. The van der Waals surface area contributed by atoms with Crippen LogP contribution in [0.3, 0.4) is 0 Å². The standard InChI is InChI=1S/C24H23Cl2N3O2/c25-21-8-5-18(6-9-21)15-27-11-13-28(14-12-27)24(31)20-7-10-23(30)29(17-20)16-19-3-1-2-4-22(19)26/h1-10,17H,11-16H2. The highest BCUT2D eigenvalue weighted by Gasteiger charge is 2.22. The molecule has 0 N–H and O–H groups in total. The van der Waals surface area contributed by atoms with Gasteiger partial charge in [0.15, 0.2) is 0 Å². The predicted molar refractivity (Wildman–Crippen MR) is 124 cm³/mol. The van der Waals surface area contributed by atoms with Gasteiger partial charge in [0.2, 0.25) is 0 Å². The average Bonchev–Trinajstić information content (AvgIpc) is 2.78. The third kappa shape index (κ3) is 5.37. The maximum atomic E-state index is 13.0. The lowest BCUT2D eigenvalue weighted by molar-refractivity contribution is 0.0627. The Bertz CT molecular complexity index is 1120. The van der Waals surface area contributed by atoms with Crippen molar-refractivity contribution in [2.24, 2.45) is 0 Å². The quantitative estimate of drug-likeness (QED) is 0.579. The van der Waals surface area contributed by atoms with E-state index in [0.717, 1.165) is 30.2 Å². The normalized spacial score (nSPS) is 14.6. The fourth-order valence-corrected chi connectivity index (χ4v) is 4.05. The van der Waals surface area contributed by atoms with Crippen LogP contribution in [0.5, 0.6) is 0 Å². The highest BCUT2D eigenvalue weighted by Crippen LogP contribution is 2.17. The van der Waals surface area contributed by atoms with Crippen LogP contribution in [0.1, 0.15) is 21.5 Å². The van der Waals surface area contributed by atoms with Crippen molar-refractivity contribution in [3.05, 3.63) is 104 Å². The Kier molecular flexibility index (Phi) is 6.76. The van der Waals surface area contributed by atoms with E-state index in [-0.39, 0.29) is 11.5 Å². The van der Waals surface area contributed by atoms with Gasteiger partial charge in [0.25, 0.3) is 11.5 Å². The first kappa shape index (κ1) is 21.6. The molecule has 0 unspecified atom stereocenters. The Labute approximate surface area is 191 Å². The van der Waals surface area contributed by atoms with Gasteiger partial charge in [-0.25, -0.2) is 0 Å². The summed E-state index contributed by atoms with van der Waals surface area (Å²) in [5.41, 5.74) is 2.39. The maximum Gasteiger partial charge on any atom is 0.255 e. The molecule has 0 aliphatic carbocycles. The third-order valence-electron chi connectivity index (χ3n) is 5.51. The van der Waals surface area contributed by atoms with E-state index in [9.17, 15) is 9.59 Å². The Morgan fingerprint density at radius 3 is 2.26 bits per heavy atom. The first-order valence-electron chi connectivity index (χ1n) is 10.2. The van der Waals surface area contributed by atoms with Crippen molar-refractivity contribution in [3.63, 3.8) is 0 Å². The van der Waals surface area contributed by atoms with E-state index in [1.807, 2.05) is 47.4 Å². The molecular weight excluding hydrogens is 433 g/mol. The smallest absolute Gasteiger partial charge is 0.255 e. The summed E-state index contributed by atoms with van der Waals surface area (Å²) < 4.78 is 1.53. The average molecular weight is 456 g/mol. The van der Waals surface area contributed by atoms with Gasteiger partial charge in [-0.05, 0) is 35.4 Å². The second-order valence-corrected chi connectivity index (χ2v) is 8.51. The van der Waals surface area contributed by atoms with Crippen LogP contribution in [0.15, 0.2) is 71.7 Å². The van der Waals surface area contributed by atoms with Crippen LogP contribution < -0.4 is 5.56 Å². The molecule has 2 aromatic carbocycles. The van der Waals surface area contributed by atoms with Gasteiger partial charge in [0.05, 0.1) is 12.1 Å². The van der Waals surface area contributed by atoms with Crippen LogP contribution in [0.4, 0.5) is 0 Å². The predicted octanol–water partition coefficient (Wildman–Crippen LogP) is 4.16. The van der Waals surface area contributed by atoms with Crippen molar-refractivity contribution >= 4 is 29.1 Å². The molecule has 0 bridgehead atoms. The summed E-state index contributed by atoms with van der Waals surface area (Å²) >= 11 is 12.2. The summed E-state index contributed by atoms with van der Waals surface area (Å²) in [6.07, 6.45) is 1.63. The number of nitrogens with zero attached hydrogens (tertiary/aromatic N) is 3. The zero-order valence-corrected chi connectivity index (χ0v) is 18.5. The molecule has 1 amide bonds. The summed E-state index contributed by atoms with van der Waals surface area (Å²) in [6.45, 7) is 4.06. The molecule has 0 spiro atoms. The van der Waals surface area contributed by atoms with E-state index in [2.05, 4.69) is 4.90 Å². The fraction of sp³-hybridized carbons (Fsp3) is 0.250. The molecule has 31 heavy (non-hydrogen) atoms. The van der Waals surface area contributed by atoms with E-state index in [1.54, 1.807) is 18.3 Å². The number of carbonyl (C=O) groups is 1. The second-order valence-electron chi connectivity index (χ2n) is 7.67. The first-order valence-corrected chi connectivity index (χ1v) is 11.0. The van der Waals surface area contributed by atoms with Gasteiger partial charge in [-0.2, -0.15) is 0 Å². The lowest BCUT2D eigenvalue weighted by Gasteiger charge is -2.34. The molecule has 1 saturated heterocycles. The Morgan fingerprint density at radius 1 is 0.839 bits per heavy atom. The van der Waals surface area contributed by atoms with Crippen LogP contribution in [-0.2, 0) is 13.1 Å². The zero-order chi connectivity index (χ0) is 21.8. The van der Waals surface area contributed by atoms with Crippen molar-refractivity contribution in [3.8, 4) is 0 Å². The Morgan fingerprint density at radius 2 is 1.55 bits per heavy atom. The summed E-state index contributed by atoms with van der Waals surface area (Å²) in [7, 11) is 0. The number of benzene rings is 2. The summed E-state index contributed by atoms with van der Waals surface area (Å²) in [6, 6.07) is 18.3. The minimum absolute atomic E-state index is 0.0564. The number of hydrogen-bond donors (Lipinski definition) is 0. The van der Waals surface area contributed by atoms with E-state index in [0.29, 0.717) is 30.2 Å². The highest BCUT2D eigenvalue weighted by molar-refractivity contribution is 6.31. The van der Waals surface area contributed by atoms with Crippen LogP contribution in [0.25, 0.3) is 0 Å². The number of pyridine rings is 1. The van der Waals surface area contributed by atoms with Gasteiger partial charge in [-0.15, -0.1) is 0 Å². The molecule has 1 fully saturated rings. The molecule has 1 aliphatic heterocycles. The first-order chi connectivity index (χ1) is 15.0. The van der Waals surface area contributed by atoms with Crippen LogP contribution >= 0.6 is 23.2 Å². The lowest BCUT2D eigenvalue weighted by atomic mass is 10.1. The number of hydrogen-bond acceptors (Lipinski definition) is 3. The molecule has 7 heteroatoms. The number of piperazine rings is 1. The number of carbonyl (C=O) groups excluding carboxylic acids is 1. The van der Waals surface area contributed by atoms with Crippen molar-refractivity contribution in [1.29, 1.82) is 0 Å². The molecule has 3 aromatic rings. The zero-order valence-electron chi connectivity index (χ0n) is 17.0. The van der Waals surface area contributed by atoms with Crippen LogP contribution in [0.2, 0.25) is 10.0 Å². The number of rotatable bonds is 5. The highest BCUT2D eigenvalue weighted by atomic mass is 35.5. The van der Waals surface area contributed by atoms with E-state index < -0.39 is 0 Å². The van der Waals surface area contributed by atoms with E-state index >= 15 is 0 Å². The van der Waals surface area contributed by atoms with Gasteiger partial charge in [0, 0.05) is 55.0 Å². The molecule has 1 aliphatic rings. The SMILES string of the molecule is O=C(c1ccc(=O)n(Cc2ccccc2Cl)c1)N1CCN(Cc2ccc(Cl)cc2)CC1. The van der Waals surface area contributed by atoms with Crippen molar-refractivity contribution in [2.75, 3.05) is 26.2 Å². The van der Waals surface area contributed by atoms with Gasteiger partial charge >= 0.3 is 0 Å². The monoisotopic (exact) mass is 455 g/mol. The molecular formula is C24H23Cl2N3O2. The molecule has 1 aromatic heterocycles. The van der Waals surface area contributed by atoms with Gasteiger partial charge in [0.1, 0.15) is 0 Å². The van der Waals surface area contributed by atoms with E-state index in [4.69, 9.17) is 23.2 Å². The largest absolute Gasteiger partial charge is 0.336 e.